The number of hydrogen-bond acceptors (Lipinski definition) is 5. The Labute approximate surface area is 111 Å². The second kappa shape index (κ2) is 6.72. The summed E-state index contributed by atoms with van der Waals surface area (Å²) in [6, 6.07) is 0.299. The minimum Gasteiger partial charge on any atom is -0.351 e. The molecule has 1 saturated carbocycles. The van der Waals surface area contributed by atoms with E-state index in [-0.39, 0.29) is 12.5 Å². The zero-order valence-corrected chi connectivity index (χ0v) is 11.4. The third-order valence-electron chi connectivity index (χ3n) is 3.13. The predicted octanol–water partition coefficient (Wildman–Crippen LogP) is 0.854. The standard InChI is InChI=1S/C11H19N5OS/c1-2-18-10-6-4-3-5-9(10)13-11(17)7-16-8-12-14-15-16/h8-10H,2-7H2,1H3,(H,13,17)/t9-,10-/m1/s1. The van der Waals surface area contributed by atoms with Crippen molar-refractivity contribution in [2.75, 3.05) is 5.75 Å². The maximum Gasteiger partial charge on any atom is 0.242 e. The van der Waals surface area contributed by atoms with Gasteiger partial charge in [0.1, 0.15) is 12.9 Å². The number of amides is 1. The summed E-state index contributed by atoms with van der Waals surface area (Å²) in [5, 5.41) is 14.4. The Morgan fingerprint density at radius 2 is 2.33 bits per heavy atom. The van der Waals surface area contributed by atoms with Gasteiger partial charge in [-0.3, -0.25) is 4.79 Å². The first-order valence-electron chi connectivity index (χ1n) is 6.41. The molecule has 1 aliphatic carbocycles. The average molecular weight is 269 g/mol. The summed E-state index contributed by atoms with van der Waals surface area (Å²) in [6.45, 7) is 2.37. The molecule has 0 aliphatic heterocycles. The minimum atomic E-state index is -0.00379. The Morgan fingerprint density at radius 1 is 1.50 bits per heavy atom. The number of nitrogens with one attached hydrogen (secondary N) is 1. The molecule has 6 nitrogen and oxygen atoms in total. The molecule has 1 N–H and O–H groups in total. The van der Waals surface area contributed by atoms with Gasteiger partial charge in [0, 0.05) is 11.3 Å². The van der Waals surface area contributed by atoms with Gasteiger partial charge in [0.05, 0.1) is 0 Å². The molecule has 1 aliphatic rings. The van der Waals surface area contributed by atoms with Crippen molar-refractivity contribution in [1.29, 1.82) is 0 Å². The van der Waals surface area contributed by atoms with Crippen LogP contribution >= 0.6 is 11.8 Å². The Hall–Kier alpha value is -1.11. The van der Waals surface area contributed by atoms with Crippen LogP contribution in [-0.4, -0.2) is 43.2 Å². The van der Waals surface area contributed by atoms with E-state index in [0.717, 1.165) is 12.2 Å². The van der Waals surface area contributed by atoms with Gasteiger partial charge in [0.15, 0.2) is 0 Å². The third-order valence-corrected chi connectivity index (χ3v) is 4.45. The number of carbonyl (C=O) groups is 1. The third kappa shape index (κ3) is 3.69. The topological polar surface area (TPSA) is 72.7 Å². The van der Waals surface area contributed by atoms with Crippen molar-refractivity contribution in [1.82, 2.24) is 25.5 Å². The van der Waals surface area contributed by atoms with E-state index in [0.29, 0.717) is 11.3 Å². The number of nitrogens with zero attached hydrogens (tertiary/aromatic N) is 4. The second-order valence-electron chi connectivity index (χ2n) is 4.46. The summed E-state index contributed by atoms with van der Waals surface area (Å²) in [5.41, 5.74) is 0. The molecular formula is C11H19N5OS. The van der Waals surface area contributed by atoms with Gasteiger partial charge in [-0.15, -0.1) is 5.10 Å². The molecule has 1 aromatic heterocycles. The SMILES string of the molecule is CCS[C@@H]1CCCC[C@H]1NC(=O)Cn1cnnn1. The Balaban J connectivity index is 1.84. The van der Waals surface area contributed by atoms with Crippen molar-refractivity contribution in [2.45, 2.75) is 50.4 Å². The molecule has 0 aromatic carbocycles. The molecule has 18 heavy (non-hydrogen) atoms. The van der Waals surface area contributed by atoms with Crippen LogP contribution < -0.4 is 5.32 Å². The molecule has 0 unspecified atom stereocenters. The molecule has 0 radical (unpaired) electrons. The lowest BCUT2D eigenvalue weighted by molar-refractivity contribution is -0.122. The van der Waals surface area contributed by atoms with Crippen LogP contribution in [0.25, 0.3) is 0 Å². The van der Waals surface area contributed by atoms with Gasteiger partial charge in [0.2, 0.25) is 5.91 Å². The molecule has 1 aromatic rings. The molecule has 0 bridgehead atoms. The number of hydrogen-bond donors (Lipinski definition) is 1. The van der Waals surface area contributed by atoms with Gasteiger partial charge in [-0.25, -0.2) is 4.68 Å². The highest BCUT2D eigenvalue weighted by Crippen LogP contribution is 2.28. The average Bonchev–Trinajstić information content (AvgIpc) is 2.84. The van der Waals surface area contributed by atoms with E-state index in [4.69, 9.17) is 0 Å². The van der Waals surface area contributed by atoms with Gasteiger partial charge in [-0.1, -0.05) is 19.8 Å². The van der Waals surface area contributed by atoms with Crippen molar-refractivity contribution < 1.29 is 4.79 Å². The molecule has 0 saturated heterocycles. The number of thioether (sulfide) groups is 1. The van der Waals surface area contributed by atoms with E-state index in [1.54, 1.807) is 0 Å². The number of rotatable bonds is 5. The smallest absolute Gasteiger partial charge is 0.242 e. The van der Waals surface area contributed by atoms with E-state index < -0.39 is 0 Å². The van der Waals surface area contributed by atoms with Crippen LogP contribution in [0.3, 0.4) is 0 Å². The fourth-order valence-corrected chi connectivity index (χ4v) is 3.53. The van der Waals surface area contributed by atoms with Crippen LogP contribution in [0.15, 0.2) is 6.33 Å². The van der Waals surface area contributed by atoms with Crippen LogP contribution in [0.1, 0.15) is 32.6 Å². The first-order valence-corrected chi connectivity index (χ1v) is 7.46. The highest BCUT2D eigenvalue weighted by Gasteiger charge is 2.26. The molecule has 2 rings (SSSR count). The molecule has 7 heteroatoms. The molecule has 1 amide bonds. The van der Waals surface area contributed by atoms with Crippen LogP contribution in [0.4, 0.5) is 0 Å². The predicted molar refractivity (Wildman–Crippen MR) is 70.1 cm³/mol. The Kier molecular flexibility index (Phi) is 4.98. The lowest BCUT2D eigenvalue weighted by Gasteiger charge is -2.31. The monoisotopic (exact) mass is 269 g/mol. The summed E-state index contributed by atoms with van der Waals surface area (Å²) in [5.74, 6) is 1.10. The number of carbonyl (C=O) groups excluding carboxylic acids is 1. The zero-order chi connectivity index (χ0) is 12.8. The molecule has 1 heterocycles. The van der Waals surface area contributed by atoms with E-state index in [2.05, 4.69) is 27.8 Å². The second-order valence-corrected chi connectivity index (χ2v) is 5.98. The Morgan fingerprint density at radius 3 is 3.06 bits per heavy atom. The first kappa shape index (κ1) is 13.3. The van der Waals surface area contributed by atoms with Gasteiger partial charge in [0.25, 0.3) is 0 Å². The molecule has 2 atom stereocenters. The van der Waals surface area contributed by atoms with Crippen LogP contribution in [0, 0.1) is 0 Å². The molecule has 1 fully saturated rings. The van der Waals surface area contributed by atoms with E-state index in [1.165, 1.54) is 30.3 Å². The largest absolute Gasteiger partial charge is 0.351 e. The maximum atomic E-state index is 11.9. The highest BCUT2D eigenvalue weighted by molar-refractivity contribution is 7.99. The van der Waals surface area contributed by atoms with Crippen molar-refractivity contribution in [3.05, 3.63) is 6.33 Å². The molecular weight excluding hydrogens is 250 g/mol. The van der Waals surface area contributed by atoms with Crippen molar-refractivity contribution in [3.63, 3.8) is 0 Å². The highest BCUT2D eigenvalue weighted by atomic mass is 32.2. The van der Waals surface area contributed by atoms with E-state index in [9.17, 15) is 4.79 Å². The van der Waals surface area contributed by atoms with Crippen LogP contribution in [-0.2, 0) is 11.3 Å². The van der Waals surface area contributed by atoms with Gasteiger partial charge in [-0.05, 0) is 29.0 Å². The van der Waals surface area contributed by atoms with Crippen molar-refractivity contribution in [2.24, 2.45) is 0 Å². The number of aromatic nitrogens is 4. The summed E-state index contributed by atoms with van der Waals surface area (Å²) < 4.78 is 1.44. The number of tetrazole rings is 1. The zero-order valence-electron chi connectivity index (χ0n) is 10.6. The van der Waals surface area contributed by atoms with Gasteiger partial charge >= 0.3 is 0 Å². The normalized spacial score (nSPS) is 23.8. The van der Waals surface area contributed by atoms with Crippen molar-refractivity contribution in [3.8, 4) is 0 Å². The lowest BCUT2D eigenvalue weighted by atomic mass is 9.95. The maximum absolute atomic E-state index is 11.9. The lowest BCUT2D eigenvalue weighted by Crippen LogP contribution is -2.45. The molecule has 0 spiro atoms. The minimum absolute atomic E-state index is 0.00379. The van der Waals surface area contributed by atoms with Crippen LogP contribution in [0.2, 0.25) is 0 Å². The van der Waals surface area contributed by atoms with E-state index >= 15 is 0 Å². The Bertz CT molecular complexity index is 368. The summed E-state index contributed by atoms with van der Waals surface area (Å²) in [7, 11) is 0. The summed E-state index contributed by atoms with van der Waals surface area (Å²) in [6.07, 6.45) is 6.22. The van der Waals surface area contributed by atoms with Crippen LogP contribution in [0.5, 0.6) is 0 Å². The summed E-state index contributed by atoms with van der Waals surface area (Å²) in [4.78, 5) is 11.9. The van der Waals surface area contributed by atoms with Gasteiger partial charge < -0.3 is 5.32 Å². The van der Waals surface area contributed by atoms with Crippen molar-refractivity contribution >= 4 is 17.7 Å². The van der Waals surface area contributed by atoms with Gasteiger partial charge in [-0.2, -0.15) is 11.8 Å². The fraction of sp³-hybridized carbons (Fsp3) is 0.818. The quantitative estimate of drug-likeness (QED) is 0.858. The molecule has 100 valence electrons. The van der Waals surface area contributed by atoms with E-state index in [1.807, 2.05) is 11.8 Å². The fourth-order valence-electron chi connectivity index (χ4n) is 2.33. The first-order chi connectivity index (χ1) is 8.79. The summed E-state index contributed by atoms with van der Waals surface area (Å²) >= 11 is 1.95.